The minimum atomic E-state index is 0.00397. The number of fused-ring (bicyclic) bond motifs is 1. The van der Waals surface area contributed by atoms with Crippen LogP contribution in [0.15, 0.2) is 30.5 Å². The molecular weight excluding hydrogens is 198 g/mol. The fourth-order valence-electron chi connectivity index (χ4n) is 1.69. The Morgan fingerprint density at radius 2 is 1.94 bits per heavy atom. The first-order valence-electron chi connectivity index (χ1n) is 5.39. The number of aromatic nitrogens is 1. The van der Waals surface area contributed by atoms with Crippen LogP contribution in [-0.2, 0) is 0 Å². The molecule has 0 saturated heterocycles. The molecule has 0 aliphatic heterocycles. The average Bonchev–Trinajstić information content (AvgIpc) is 2.21. The van der Waals surface area contributed by atoms with Gasteiger partial charge in [-0.2, -0.15) is 0 Å². The molecule has 3 nitrogen and oxygen atoms in total. The highest BCUT2D eigenvalue weighted by Crippen LogP contribution is 2.29. The maximum atomic E-state index is 6.12. The summed E-state index contributed by atoms with van der Waals surface area (Å²) >= 11 is 0. The number of pyridine rings is 1. The van der Waals surface area contributed by atoms with E-state index in [1.807, 2.05) is 24.3 Å². The van der Waals surface area contributed by atoms with Crippen LogP contribution in [0.3, 0.4) is 0 Å². The third-order valence-corrected chi connectivity index (χ3v) is 2.34. The quantitative estimate of drug-likeness (QED) is 0.719. The Bertz CT molecular complexity index is 512. The van der Waals surface area contributed by atoms with Crippen LogP contribution in [0.5, 0.6) is 0 Å². The molecule has 0 bridgehead atoms. The van der Waals surface area contributed by atoms with Gasteiger partial charge in [-0.1, -0.05) is 0 Å². The molecule has 0 aliphatic rings. The van der Waals surface area contributed by atoms with Gasteiger partial charge in [0, 0.05) is 17.1 Å². The standard InChI is InChI=1S/C13H17N3/c1-13(2,3)16-11-7-6-10-9(12(11)14)5-4-8-15-10/h4-8,16H,14H2,1-3H3. The van der Waals surface area contributed by atoms with E-state index < -0.39 is 0 Å². The molecule has 2 aromatic rings. The second-order valence-electron chi connectivity index (χ2n) is 4.97. The summed E-state index contributed by atoms with van der Waals surface area (Å²) in [5.41, 5.74) is 8.79. The van der Waals surface area contributed by atoms with Crippen molar-refractivity contribution in [3.8, 4) is 0 Å². The minimum Gasteiger partial charge on any atom is -0.397 e. The first kappa shape index (κ1) is 10.7. The molecule has 1 aromatic heterocycles. The SMILES string of the molecule is CC(C)(C)Nc1ccc2ncccc2c1N. The fraction of sp³-hybridized carbons (Fsp3) is 0.308. The van der Waals surface area contributed by atoms with E-state index in [1.165, 1.54) is 0 Å². The smallest absolute Gasteiger partial charge is 0.0724 e. The zero-order valence-corrected chi connectivity index (χ0v) is 9.91. The number of benzene rings is 1. The van der Waals surface area contributed by atoms with E-state index in [-0.39, 0.29) is 5.54 Å². The second-order valence-corrected chi connectivity index (χ2v) is 4.97. The molecule has 2 rings (SSSR count). The Hall–Kier alpha value is -1.77. The lowest BCUT2D eigenvalue weighted by Gasteiger charge is -2.23. The fourth-order valence-corrected chi connectivity index (χ4v) is 1.69. The zero-order valence-electron chi connectivity index (χ0n) is 9.91. The normalized spacial score (nSPS) is 11.7. The predicted octanol–water partition coefficient (Wildman–Crippen LogP) is 3.03. The highest BCUT2D eigenvalue weighted by molar-refractivity contribution is 5.96. The largest absolute Gasteiger partial charge is 0.397 e. The van der Waals surface area contributed by atoms with Gasteiger partial charge in [0.25, 0.3) is 0 Å². The van der Waals surface area contributed by atoms with Crippen LogP contribution in [0, 0.1) is 0 Å². The molecule has 1 heterocycles. The number of nitrogens with zero attached hydrogens (tertiary/aromatic N) is 1. The van der Waals surface area contributed by atoms with Gasteiger partial charge in [0.2, 0.25) is 0 Å². The maximum absolute atomic E-state index is 6.12. The van der Waals surface area contributed by atoms with Crippen molar-refractivity contribution in [1.82, 2.24) is 4.98 Å². The summed E-state index contributed by atoms with van der Waals surface area (Å²) < 4.78 is 0. The van der Waals surface area contributed by atoms with E-state index in [0.29, 0.717) is 0 Å². The summed E-state index contributed by atoms with van der Waals surface area (Å²) in [5.74, 6) is 0. The number of rotatable bonds is 1. The van der Waals surface area contributed by atoms with E-state index in [9.17, 15) is 0 Å². The van der Waals surface area contributed by atoms with Crippen LogP contribution in [0.4, 0.5) is 11.4 Å². The highest BCUT2D eigenvalue weighted by atomic mass is 15.0. The number of hydrogen-bond donors (Lipinski definition) is 2. The van der Waals surface area contributed by atoms with Gasteiger partial charge in [0.15, 0.2) is 0 Å². The number of hydrogen-bond acceptors (Lipinski definition) is 3. The van der Waals surface area contributed by atoms with Gasteiger partial charge in [0.05, 0.1) is 16.9 Å². The minimum absolute atomic E-state index is 0.00397. The molecule has 3 heteroatoms. The van der Waals surface area contributed by atoms with Gasteiger partial charge in [0.1, 0.15) is 0 Å². The molecule has 3 N–H and O–H groups in total. The average molecular weight is 215 g/mol. The van der Waals surface area contributed by atoms with E-state index in [2.05, 4.69) is 31.1 Å². The second kappa shape index (κ2) is 3.67. The van der Waals surface area contributed by atoms with Gasteiger partial charge >= 0.3 is 0 Å². The first-order chi connectivity index (χ1) is 7.47. The molecule has 0 atom stereocenters. The molecule has 0 unspecified atom stereocenters. The van der Waals surface area contributed by atoms with Gasteiger partial charge < -0.3 is 11.1 Å². The Balaban J connectivity index is 2.53. The summed E-state index contributed by atoms with van der Waals surface area (Å²) in [6, 6.07) is 7.86. The highest BCUT2D eigenvalue weighted by Gasteiger charge is 2.12. The molecule has 0 radical (unpaired) electrons. The van der Waals surface area contributed by atoms with Crippen LogP contribution in [0.2, 0.25) is 0 Å². The van der Waals surface area contributed by atoms with Crippen LogP contribution < -0.4 is 11.1 Å². The zero-order chi connectivity index (χ0) is 11.8. The van der Waals surface area contributed by atoms with Crippen LogP contribution in [0.25, 0.3) is 10.9 Å². The molecule has 0 saturated carbocycles. The van der Waals surface area contributed by atoms with Gasteiger partial charge in [-0.05, 0) is 45.0 Å². The molecule has 1 aromatic carbocycles. The molecule has 0 aliphatic carbocycles. The van der Waals surface area contributed by atoms with Crippen molar-refractivity contribution in [3.63, 3.8) is 0 Å². The Morgan fingerprint density at radius 1 is 1.19 bits per heavy atom. The Morgan fingerprint density at radius 3 is 2.62 bits per heavy atom. The first-order valence-corrected chi connectivity index (χ1v) is 5.39. The summed E-state index contributed by atoms with van der Waals surface area (Å²) in [5, 5.41) is 4.39. The summed E-state index contributed by atoms with van der Waals surface area (Å²) in [7, 11) is 0. The number of nitrogens with one attached hydrogen (secondary N) is 1. The van der Waals surface area contributed by atoms with Crippen molar-refractivity contribution in [2.24, 2.45) is 0 Å². The van der Waals surface area contributed by atoms with Crippen molar-refractivity contribution in [1.29, 1.82) is 0 Å². The van der Waals surface area contributed by atoms with Crippen molar-refractivity contribution in [2.75, 3.05) is 11.1 Å². The van der Waals surface area contributed by atoms with Gasteiger partial charge in [-0.25, -0.2) is 0 Å². The molecule has 84 valence electrons. The molecular formula is C13H17N3. The molecule has 0 fully saturated rings. The summed E-state index contributed by atoms with van der Waals surface area (Å²) in [6.45, 7) is 6.33. The summed E-state index contributed by atoms with van der Waals surface area (Å²) in [6.07, 6.45) is 1.78. The lowest BCUT2D eigenvalue weighted by atomic mass is 10.1. The summed E-state index contributed by atoms with van der Waals surface area (Å²) in [4.78, 5) is 4.27. The van der Waals surface area contributed by atoms with Crippen LogP contribution in [0.1, 0.15) is 20.8 Å². The third kappa shape index (κ3) is 2.08. The monoisotopic (exact) mass is 215 g/mol. The van der Waals surface area contributed by atoms with E-state index in [1.54, 1.807) is 6.20 Å². The van der Waals surface area contributed by atoms with Crippen molar-refractivity contribution < 1.29 is 0 Å². The third-order valence-electron chi connectivity index (χ3n) is 2.34. The van der Waals surface area contributed by atoms with E-state index in [0.717, 1.165) is 22.3 Å². The number of nitrogen functional groups attached to an aromatic ring is 1. The molecule has 0 amide bonds. The Labute approximate surface area is 95.7 Å². The predicted molar refractivity (Wildman–Crippen MR) is 69.5 cm³/mol. The van der Waals surface area contributed by atoms with E-state index >= 15 is 0 Å². The van der Waals surface area contributed by atoms with E-state index in [4.69, 9.17) is 5.73 Å². The van der Waals surface area contributed by atoms with Crippen molar-refractivity contribution in [3.05, 3.63) is 30.5 Å². The Kier molecular flexibility index (Phi) is 2.46. The van der Waals surface area contributed by atoms with Crippen LogP contribution in [-0.4, -0.2) is 10.5 Å². The molecule has 16 heavy (non-hydrogen) atoms. The van der Waals surface area contributed by atoms with Gasteiger partial charge in [-0.15, -0.1) is 0 Å². The maximum Gasteiger partial charge on any atom is 0.0724 e. The van der Waals surface area contributed by atoms with Crippen LogP contribution >= 0.6 is 0 Å². The van der Waals surface area contributed by atoms with Crippen molar-refractivity contribution in [2.45, 2.75) is 26.3 Å². The number of anilines is 2. The topological polar surface area (TPSA) is 50.9 Å². The molecule has 0 spiro atoms. The lowest BCUT2D eigenvalue weighted by molar-refractivity contribution is 0.634. The number of nitrogens with two attached hydrogens (primary N) is 1. The van der Waals surface area contributed by atoms with Gasteiger partial charge in [-0.3, -0.25) is 4.98 Å². The van der Waals surface area contributed by atoms with Crippen molar-refractivity contribution >= 4 is 22.3 Å². The lowest BCUT2D eigenvalue weighted by Crippen LogP contribution is -2.26.